The van der Waals surface area contributed by atoms with E-state index in [-0.39, 0.29) is 23.7 Å². The molecule has 22 nitrogen and oxygen atoms in total. The smallest absolute Gasteiger partial charge is 0.335 e. The van der Waals surface area contributed by atoms with Crippen LogP contribution < -0.4 is 0 Å². The zero-order valence-electron chi connectivity index (χ0n) is 47.3. The lowest BCUT2D eigenvalue weighted by molar-refractivity contribution is -0.386. The number of allylic oxidation sites excluding steroid dienone is 4. The Hall–Kier alpha value is -3.01. The van der Waals surface area contributed by atoms with Gasteiger partial charge >= 0.3 is 17.9 Å². The average molecular weight is 1130 g/mol. The highest BCUT2D eigenvalue weighted by Gasteiger charge is 2.74. The third-order valence-electron chi connectivity index (χ3n) is 21.3. The number of esters is 2. The average Bonchev–Trinajstić information content (AvgIpc) is 3.87. The van der Waals surface area contributed by atoms with E-state index in [0.717, 1.165) is 5.57 Å². The number of aliphatic carboxylic acids is 1. The van der Waals surface area contributed by atoms with E-state index in [1.807, 2.05) is 13.8 Å². The van der Waals surface area contributed by atoms with Crippen LogP contribution in [0, 0.1) is 50.2 Å². The van der Waals surface area contributed by atoms with Gasteiger partial charge in [-0.1, -0.05) is 72.3 Å². The first kappa shape index (κ1) is 62.0. The molecule has 4 saturated carbocycles. The fraction of sp³-hybridized carbons (Fsp3) is 0.842. The molecule has 3 heterocycles. The van der Waals surface area contributed by atoms with Gasteiger partial charge in [-0.05, 0) is 112 Å². The van der Waals surface area contributed by atoms with Crippen molar-refractivity contribution in [3.8, 4) is 0 Å². The molecule has 11 N–H and O–H groups in total. The van der Waals surface area contributed by atoms with Gasteiger partial charge < -0.3 is 94.1 Å². The van der Waals surface area contributed by atoms with Gasteiger partial charge in [-0.2, -0.15) is 0 Å². The Morgan fingerprint density at radius 1 is 0.646 bits per heavy atom. The third-order valence-corrected chi connectivity index (χ3v) is 21.3. The highest BCUT2D eigenvalue weighted by atomic mass is 16.8. The number of hydrogen-bond acceptors (Lipinski definition) is 21. The summed E-state index contributed by atoms with van der Waals surface area (Å²) in [4.78, 5) is 40.3. The Kier molecular flexibility index (Phi) is 17.7. The number of carboxylic acid groups (broad SMARTS) is 1. The Balaban J connectivity index is 1.12. The molecule has 79 heavy (non-hydrogen) atoms. The van der Waals surface area contributed by atoms with Crippen LogP contribution in [-0.2, 0) is 52.3 Å². The fourth-order valence-electron chi connectivity index (χ4n) is 16.2. The number of ether oxygens (including phenoxy) is 8. The van der Waals surface area contributed by atoms with Gasteiger partial charge in [0, 0.05) is 16.6 Å². The maximum atomic E-state index is 13.8. The molecule has 8 rings (SSSR count). The number of fused-ring (bicyclic) bond motifs is 7. The molecular weight excluding hydrogens is 1040 g/mol. The molecule has 3 saturated heterocycles. The van der Waals surface area contributed by atoms with Crippen LogP contribution in [0.1, 0.15) is 121 Å². The molecule has 448 valence electrons. The zero-order valence-corrected chi connectivity index (χ0v) is 47.3. The summed E-state index contributed by atoms with van der Waals surface area (Å²) in [5.41, 5.74) is -2.71. The number of aliphatic hydroxyl groups is 10. The van der Waals surface area contributed by atoms with Crippen LogP contribution in [0.3, 0.4) is 0 Å². The van der Waals surface area contributed by atoms with E-state index in [2.05, 4.69) is 40.7 Å². The molecule has 0 unspecified atom stereocenters. The molecule has 7 fully saturated rings. The second kappa shape index (κ2) is 22.5. The standard InChI is InChI=1S/C57H88O22/c1-12-25(3)47(70)78-44-45(79-48(71)26(4)13-2)57(24-60)28(20-52(44,5)6)27-14-15-32-54(9)18-17-34(53(7,8)31(54)16-19-55(32,10)56(27,11)21-33(57)61)74-51-43(77-50-39(66)37(64)35(62)29(22-58)72-50)41(40(67)42(76-51)46(68)69)75-49-38(65)36(63)30(23-59)73-49/h12-14,28-45,49-51,58-67H,15-24H2,1-11H3,(H,68,69)/b25-12-,26-13-/t28-,29+,30+,31+,32+,33+,34-,35-,36+,37-,38-,39+,40+,41+,42-,43-,44-,45-,49+,50+,51-,54+,55+,56-,57+/m1/s1. The summed E-state index contributed by atoms with van der Waals surface area (Å²) < 4.78 is 49.2. The van der Waals surface area contributed by atoms with Crippen molar-refractivity contribution in [2.24, 2.45) is 50.2 Å². The van der Waals surface area contributed by atoms with Gasteiger partial charge in [0.05, 0.1) is 37.4 Å². The van der Waals surface area contributed by atoms with Crippen LogP contribution >= 0.6 is 0 Å². The molecule has 3 aliphatic heterocycles. The van der Waals surface area contributed by atoms with Crippen molar-refractivity contribution in [1.29, 1.82) is 0 Å². The monoisotopic (exact) mass is 1120 g/mol. The summed E-state index contributed by atoms with van der Waals surface area (Å²) in [6, 6.07) is 0. The number of aliphatic hydroxyl groups excluding tert-OH is 10. The molecule has 22 heteroatoms. The van der Waals surface area contributed by atoms with E-state index < -0.39 is 181 Å². The molecule has 8 aliphatic rings. The first-order valence-corrected chi connectivity index (χ1v) is 28.0. The summed E-state index contributed by atoms with van der Waals surface area (Å²) in [6.45, 7) is 19.4. The summed E-state index contributed by atoms with van der Waals surface area (Å²) in [5.74, 6) is -3.40. The Morgan fingerprint density at radius 2 is 1.19 bits per heavy atom. The lowest BCUT2D eigenvalue weighted by atomic mass is 9.33. The molecule has 0 aromatic rings. The number of carboxylic acids is 1. The van der Waals surface area contributed by atoms with Crippen LogP contribution in [-0.4, -0.2) is 204 Å². The van der Waals surface area contributed by atoms with Gasteiger partial charge in [-0.15, -0.1) is 0 Å². The molecule has 0 amide bonds. The van der Waals surface area contributed by atoms with Crippen LogP contribution in [0.15, 0.2) is 34.9 Å². The summed E-state index contributed by atoms with van der Waals surface area (Å²) >= 11 is 0. The Labute approximate surface area is 461 Å². The second-order valence-electron chi connectivity index (χ2n) is 26.0. The highest BCUT2D eigenvalue weighted by Crippen LogP contribution is 2.76. The van der Waals surface area contributed by atoms with Gasteiger partial charge in [0.25, 0.3) is 0 Å². The van der Waals surface area contributed by atoms with Crippen LogP contribution in [0.5, 0.6) is 0 Å². The van der Waals surface area contributed by atoms with E-state index in [1.165, 1.54) is 0 Å². The molecule has 25 atom stereocenters. The van der Waals surface area contributed by atoms with Crippen LogP contribution in [0.25, 0.3) is 0 Å². The van der Waals surface area contributed by atoms with Gasteiger partial charge in [0.15, 0.2) is 31.1 Å². The molecule has 0 spiro atoms. The minimum absolute atomic E-state index is 0.0232. The summed E-state index contributed by atoms with van der Waals surface area (Å²) in [6.07, 6.45) is -20.2. The molecule has 0 radical (unpaired) electrons. The van der Waals surface area contributed by atoms with Gasteiger partial charge in [0.1, 0.15) is 67.1 Å². The number of rotatable bonds is 14. The lowest BCUT2D eigenvalue weighted by Crippen LogP contribution is -2.72. The lowest BCUT2D eigenvalue weighted by Gasteiger charge is -2.72. The molecule has 0 aromatic heterocycles. The van der Waals surface area contributed by atoms with Gasteiger partial charge in [-0.3, -0.25) is 0 Å². The van der Waals surface area contributed by atoms with Crippen LogP contribution in [0.4, 0.5) is 0 Å². The minimum Gasteiger partial charge on any atom is -0.479 e. The molecule has 5 aliphatic carbocycles. The van der Waals surface area contributed by atoms with Crippen molar-refractivity contribution in [3.63, 3.8) is 0 Å². The van der Waals surface area contributed by atoms with Gasteiger partial charge in [-0.25, -0.2) is 14.4 Å². The van der Waals surface area contributed by atoms with Crippen molar-refractivity contribution in [1.82, 2.24) is 0 Å². The van der Waals surface area contributed by atoms with Crippen LogP contribution in [0.2, 0.25) is 0 Å². The van der Waals surface area contributed by atoms with E-state index in [0.29, 0.717) is 49.7 Å². The Bertz CT molecular complexity index is 2350. The highest BCUT2D eigenvalue weighted by molar-refractivity contribution is 5.89. The predicted octanol–water partition coefficient (Wildman–Crippen LogP) is 1.29. The van der Waals surface area contributed by atoms with Crippen molar-refractivity contribution in [2.75, 3.05) is 19.8 Å². The van der Waals surface area contributed by atoms with Crippen molar-refractivity contribution >= 4 is 17.9 Å². The molecule has 0 aromatic carbocycles. The molecular formula is C57H88O22. The van der Waals surface area contributed by atoms with E-state index in [4.69, 9.17) is 37.9 Å². The maximum absolute atomic E-state index is 13.8. The predicted molar refractivity (Wildman–Crippen MR) is 275 cm³/mol. The topological polar surface area (TPSA) is 348 Å². The first-order chi connectivity index (χ1) is 36.9. The second-order valence-corrected chi connectivity index (χ2v) is 26.0. The maximum Gasteiger partial charge on any atom is 0.335 e. The summed E-state index contributed by atoms with van der Waals surface area (Å²) in [7, 11) is 0. The quantitative estimate of drug-likeness (QED) is 0.0505. The number of carbonyl (C=O) groups excluding carboxylic acids is 2. The van der Waals surface area contributed by atoms with E-state index in [9.17, 15) is 70.6 Å². The van der Waals surface area contributed by atoms with Gasteiger partial charge in [0.2, 0.25) is 0 Å². The normalized spacial score (nSPS) is 48.6. The SMILES string of the molecule is C/C=C(/C)C(=O)O[C@@H]1[C@@H](OC(=O)/C(C)=C\C)[C@@]2(CO)[C@H](CC1(C)C)C1=CC[C@H]3[C@@]4(C)CC[C@@H](O[C@@H]5O[C@@H](C(=O)O)[C@@H](O)[C@H](O[C@@H]6O[C@@H](CO)[C@H](O)[C@H]6O)[C@H]5O[C@@H]5O[C@@H](CO)[C@@H](O)[C@@H](O)[C@@H]5O)C(C)(C)[C@@H]4CC[C@]3(C)[C@]1(C)C[C@@H]2O. The minimum atomic E-state index is -2.10. The van der Waals surface area contributed by atoms with E-state index in [1.54, 1.807) is 39.8 Å². The first-order valence-electron chi connectivity index (χ1n) is 28.0. The largest absolute Gasteiger partial charge is 0.479 e. The van der Waals surface area contributed by atoms with Crippen molar-refractivity contribution in [2.45, 2.75) is 232 Å². The third kappa shape index (κ3) is 9.99. The number of hydrogen-bond donors (Lipinski definition) is 11. The Morgan fingerprint density at radius 3 is 1.73 bits per heavy atom. The van der Waals surface area contributed by atoms with Crippen molar-refractivity contribution in [3.05, 3.63) is 34.9 Å². The summed E-state index contributed by atoms with van der Waals surface area (Å²) in [5, 5.41) is 121. The fourth-order valence-corrected chi connectivity index (χ4v) is 16.2. The van der Waals surface area contributed by atoms with Crippen molar-refractivity contribution < 1.29 is 108 Å². The molecule has 0 bridgehead atoms. The van der Waals surface area contributed by atoms with E-state index >= 15 is 0 Å². The number of carbonyl (C=O) groups is 3. The zero-order chi connectivity index (χ0) is 58.4.